The third-order valence-electron chi connectivity index (χ3n) is 8.26. The first-order valence-electron chi connectivity index (χ1n) is 14.2. The van der Waals surface area contributed by atoms with E-state index in [1.54, 1.807) is 28.8 Å². The number of ether oxygens (including phenoxy) is 1. The third kappa shape index (κ3) is 6.11. The lowest BCUT2D eigenvalue weighted by Gasteiger charge is -2.39. The lowest BCUT2D eigenvalue weighted by molar-refractivity contribution is -0.154. The summed E-state index contributed by atoms with van der Waals surface area (Å²) in [6.07, 6.45) is 11.8. The molecule has 6 atom stereocenters. The van der Waals surface area contributed by atoms with Crippen LogP contribution in [0.3, 0.4) is 0 Å². The number of thioether (sulfide) groups is 1. The van der Waals surface area contributed by atoms with Gasteiger partial charge in [-0.15, -0.1) is 24.9 Å². The molecular formula is C29H46N2O5S. The van der Waals surface area contributed by atoms with Gasteiger partial charge in [-0.25, -0.2) is 0 Å². The van der Waals surface area contributed by atoms with Gasteiger partial charge in [0.05, 0.1) is 23.2 Å². The molecule has 3 heterocycles. The smallest absolute Gasteiger partial charge is 0.310 e. The fourth-order valence-corrected chi connectivity index (χ4v) is 8.74. The first-order valence-corrected chi connectivity index (χ1v) is 15.0. The number of aliphatic hydroxyl groups is 1. The molecule has 3 rings (SSSR count). The van der Waals surface area contributed by atoms with Crippen molar-refractivity contribution in [1.29, 1.82) is 0 Å². The van der Waals surface area contributed by atoms with Crippen LogP contribution in [0, 0.1) is 11.8 Å². The van der Waals surface area contributed by atoms with Crippen molar-refractivity contribution >= 4 is 29.5 Å². The Morgan fingerprint density at radius 2 is 2.00 bits per heavy atom. The van der Waals surface area contributed by atoms with E-state index in [9.17, 15) is 14.4 Å². The van der Waals surface area contributed by atoms with Crippen LogP contribution < -0.4 is 0 Å². The van der Waals surface area contributed by atoms with Crippen molar-refractivity contribution in [3.63, 3.8) is 0 Å². The van der Waals surface area contributed by atoms with Gasteiger partial charge in [0.15, 0.2) is 0 Å². The molecule has 3 fully saturated rings. The molecule has 1 N–H and O–H groups in total. The Labute approximate surface area is 227 Å². The molecule has 3 aliphatic heterocycles. The van der Waals surface area contributed by atoms with Crippen molar-refractivity contribution in [2.45, 2.75) is 100 Å². The number of fused-ring (bicyclic) bond motifs is 1. The Balaban J connectivity index is 1.89. The number of esters is 1. The fraction of sp³-hybridized carbons (Fsp3) is 0.759. The van der Waals surface area contributed by atoms with E-state index in [4.69, 9.17) is 9.84 Å². The molecule has 8 heteroatoms. The largest absolute Gasteiger partial charge is 0.465 e. The van der Waals surface area contributed by atoms with Crippen LogP contribution in [-0.2, 0) is 19.1 Å². The Kier molecular flexibility index (Phi) is 11.1. The summed E-state index contributed by atoms with van der Waals surface area (Å²) in [4.78, 5) is 45.3. The highest BCUT2D eigenvalue weighted by Gasteiger charge is 2.74. The van der Waals surface area contributed by atoms with Gasteiger partial charge in [-0.3, -0.25) is 14.4 Å². The molecule has 37 heavy (non-hydrogen) atoms. The number of allylic oxidation sites excluding steroid dienone is 1. The summed E-state index contributed by atoms with van der Waals surface area (Å²) >= 11 is 1.70. The van der Waals surface area contributed by atoms with E-state index in [2.05, 4.69) is 27.0 Å². The SMILES string of the molecule is C=CCCCOC(=O)[C@@H]1[C@H]2C(=O)N(CCCCCCO)C(C(=O)N(CC=C)C(C)CCC)C23CC[C@H]1S3. The maximum atomic E-state index is 14.3. The maximum absolute atomic E-state index is 14.3. The molecule has 0 aromatic heterocycles. The maximum Gasteiger partial charge on any atom is 0.310 e. The first kappa shape index (κ1) is 29.8. The number of hydrogen-bond acceptors (Lipinski definition) is 6. The molecule has 0 aliphatic carbocycles. The van der Waals surface area contributed by atoms with Crippen LogP contribution in [0.2, 0.25) is 0 Å². The molecule has 0 saturated carbocycles. The minimum Gasteiger partial charge on any atom is -0.465 e. The highest BCUT2D eigenvalue weighted by molar-refractivity contribution is 8.02. The number of amides is 2. The standard InChI is InChI=1S/C29H46N2O5S/c1-5-8-13-20-36-28(35)23-22-15-16-29(37-22)24(23)26(33)31(18-11-9-10-12-19-32)25(29)27(34)30(17-7-3)21(4)14-6-2/h5,7,21-25,32H,1,3,6,8-20H2,2,4H3/t21?,22-,23+,24+,25?,29?/m1/s1. The van der Waals surface area contributed by atoms with Crippen LogP contribution in [0.1, 0.15) is 78.1 Å². The monoisotopic (exact) mass is 534 g/mol. The topological polar surface area (TPSA) is 87.1 Å². The number of aliphatic hydroxyl groups excluding tert-OH is 1. The van der Waals surface area contributed by atoms with Crippen molar-refractivity contribution in [3.05, 3.63) is 25.3 Å². The third-order valence-corrected chi connectivity index (χ3v) is 10.2. The van der Waals surface area contributed by atoms with Gasteiger partial charge in [-0.05, 0) is 51.9 Å². The highest BCUT2D eigenvalue weighted by Crippen LogP contribution is 2.66. The number of hydrogen-bond donors (Lipinski definition) is 1. The number of carbonyl (C=O) groups is 3. The minimum atomic E-state index is -0.583. The van der Waals surface area contributed by atoms with Gasteiger partial charge in [-0.2, -0.15) is 0 Å². The summed E-state index contributed by atoms with van der Waals surface area (Å²) < 4.78 is 5.06. The molecule has 0 aromatic carbocycles. The molecule has 3 unspecified atom stereocenters. The summed E-state index contributed by atoms with van der Waals surface area (Å²) in [5.41, 5.74) is 0. The molecule has 2 amide bonds. The van der Waals surface area contributed by atoms with E-state index in [1.165, 1.54) is 0 Å². The van der Waals surface area contributed by atoms with Crippen LogP contribution >= 0.6 is 11.8 Å². The second-order valence-electron chi connectivity index (χ2n) is 10.7. The van der Waals surface area contributed by atoms with Gasteiger partial charge in [-0.1, -0.05) is 38.3 Å². The van der Waals surface area contributed by atoms with Gasteiger partial charge >= 0.3 is 5.97 Å². The fourth-order valence-electron chi connectivity index (χ4n) is 6.54. The van der Waals surface area contributed by atoms with Gasteiger partial charge < -0.3 is 19.6 Å². The molecule has 3 saturated heterocycles. The summed E-state index contributed by atoms with van der Waals surface area (Å²) in [6.45, 7) is 13.2. The highest BCUT2D eigenvalue weighted by atomic mass is 32.2. The number of nitrogens with zero attached hydrogens (tertiary/aromatic N) is 2. The predicted octanol–water partition coefficient (Wildman–Crippen LogP) is 4.34. The summed E-state index contributed by atoms with van der Waals surface area (Å²) in [7, 11) is 0. The van der Waals surface area contributed by atoms with E-state index in [-0.39, 0.29) is 35.7 Å². The number of carbonyl (C=O) groups excluding carboxylic acids is 3. The quantitative estimate of drug-likeness (QED) is 0.170. The zero-order chi connectivity index (χ0) is 27.0. The number of unbranched alkanes of at least 4 members (excludes halogenated alkanes) is 4. The normalized spacial score (nSPS) is 28.7. The van der Waals surface area contributed by atoms with E-state index in [1.807, 2.05) is 4.90 Å². The Bertz CT molecular complexity index is 835. The Hall–Kier alpha value is -1.80. The van der Waals surface area contributed by atoms with E-state index < -0.39 is 22.6 Å². The van der Waals surface area contributed by atoms with E-state index in [0.29, 0.717) is 19.7 Å². The van der Waals surface area contributed by atoms with Crippen LogP contribution in [0.5, 0.6) is 0 Å². The molecule has 3 aliphatic rings. The molecule has 2 bridgehead atoms. The first-order chi connectivity index (χ1) is 17.9. The molecule has 0 aromatic rings. The van der Waals surface area contributed by atoms with Crippen molar-refractivity contribution in [1.82, 2.24) is 9.80 Å². The summed E-state index contributed by atoms with van der Waals surface area (Å²) in [5, 5.41) is 9.14. The van der Waals surface area contributed by atoms with Crippen molar-refractivity contribution < 1.29 is 24.2 Å². The molecule has 1 spiro atoms. The second kappa shape index (κ2) is 13.8. The van der Waals surface area contributed by atoms with Gasteiger partial charge in [0.1, 0.15) is 6.04 Å². The van der Waals surface area contributed by atoms with Crippen LogP contribution in [0.25, 0.3) is 0 Å². The summed E-state index contributed by atoms with van der Waals surface area (Å²) in [6, 6.07) is -0.530. The Morgan fingerprint density at radius 3 is 2.68 bits per heavy atom. The lowest BCUT2D eigenvalue weighted by atomic mass is 9.71. The Morgan fingerprint density at radius 1 is 1.24 bits per heavy atom. The summed E-state index contributed by atoms with van der Waals surface area (Å²) in [5.74, 6) is -1.38. The van der Waals surface area contributed by atoms with Crippen LogP contribution in [0.15, 0.2) is 25.3 Å². The molecule has 7 nitrogen and oxygen atoms in total. The van der Waals surface area contributed by atoms with Crippen molar-refractivity contribution in [2.75, 3.05) is 26.3 Å². The van der Waals surface area contributed by atoms with Crippen LogP contribution in [0.4, 0.5) is 0 Å². The van der Waals surface area contributed by atoms with Crippen LogP contribution in [-0.4, -0.2) is 81.1 Å². The van der Waals surface area contributed by atoms with E-state index in [0.717, 1.165) is 64.2 Å². The minimum absolute atomic E-state index is 0.0137. The molecule has 0 radical (unpaired) electrons. The zero-order valence-electron chi connectivity index (χ0n) is 22.7. The number of likely N-dealkylation sites (tertiary alicyclic amines) is 1. The van der Waals surface area contributed by atoms with Gasteiger partial charge in [0, 0.05) is 31.0 Å². The van der Waals surface area contributed by atoms with Gasteiger partial charge in [0.25, 0.3) is 0 Å². The molecular weight excluding hydrogens is 488 g/mol. The lowest BCUT2D eigenvalue weighted by Crippen LogP contribution is -2.56. The zero-order valence-corrected chi connectivity index (χ0v) is 23.6. The van der Waals surface area contributed by atoms with E-state index >= 15 is 0 Å². The van der Waals surface area contributed by atoms with Crippen molar-refractivity contribution in [2.24, 2.45) is 11.8 Å². The van der Waals surface area contributed by atoms with Gasteiger partial charge in [0.2, 0.25) is 11.8 Å². The average molecular weight is 535 g/mol. The number of rotatable bonds is 17. The second-order valence-corrected chi connectivity index (χ2v) is 12.3. The average Bonchev–Trinajstić information content (AvgIpc) is 3.52. The molecule has 208 valence electrons. The van der Waals surface area contributed by atoms with Crippen molar-refractivity contribution in [3.8, 4) is 0 Å². The predicted molar refractivity (Wildman–Crippen MR) is 148 cm³/mol.